The molecule has 3 aromatic carbocycles. The number of aryl methyl sites for hydroxylation is 2. The van der Waals surface area contributed by atoms with Crippen molar-refractivity contribution in [2.24, 2.45) is 14.1 Å². The maximum Gasteiger partial charge on any atom is 0.328 e. The highest BCUT2D eigenvalue weighted by atomic mass is 32.2. The Hall–Kier alpha value is -3.18. The second-order valence-corrected chi connectivity index (χ2v) is 9.77. The first-order valence-corrected chi connectivity index (χ1v) is 11.5. The quantitative estimate of drug-likeness (QED) is 0.465. The van der Waals surface area contributed by atoms with E-state index in [9.17, 15) is 26.4 Å². The molecule has 11 heteroatoms. The molecule has 0 aliphatic heterocycles. The molecule has 0 radical (unpaired) electrons. The first-order chi connectivity index (χ1) is 15.1. The number of fused-ring (bicyclic) bond motifs is 1. The Morgan fingerprint density at radius 3 is 2.09 bits per heavy atom. The number of sulfonamides is 1. The van der Waals surface area contributed by atoms with Gasteiger partial charge in [-0.05, 0) is 54.6 Å². The minimum absolute atomic E-state index is 0.123. The summed E-state index contributed by atoms with van der Waals surface area (Å²) in [5.41, 5.74) is 0.831. The number of hydrogen-bond donors (Lipinski definition) is 1. The van der Waals surface area contributed by atoms with Crippen LogP contribution in [0, 0.1) is 17.5 Å². The molecule has 0 spiro atoms. The first-order valence-electron chi connectivity index (χ1n) is 9.17. The first kappa shape index (κ1) is 22.0. The molecule has 1 N–H and O–H groups in total. The van der Waals surface area contributed by atoms with Gasteiger partial charge in [-0.25, -0.2) is 26.4 Å². The van der Waals surface area contributed by atoms with Crippen LogP contribution in [0.5, 0.6) is 0 Å². The van der Waals surface area contributed by atoms with Crippen LogP contribution in [-0.4, -0.2) is 17.6 Å². The van der Waals surface area contributed by atoms with E-state index in [0.29, 0.717) is 26.9 Å². The van der Waals surface area contributed by atoms with Gasteiger partial charge < -0.3 is 0 Å². The number of anilines is 1. The summed E-state index contributed by atoms with van der Waals surface area (Å²) in [6.07, 6.45) is 0. The number of hydrogen-bond acceptors (Lipinski definition) is 4. The van der Waals surface area contributed by atoms with Gasteiger partial charge in [0.05, 0.1) is 21.6 Å². The van der Waals surface area contributed by atoms with E-state index < -0.39 is 32.4 Å². The van der Waals surface area contributed by atoms with Crippen molar-refractivity contribution in [1.82, 2.24) is 9.13 Å². The van der Waals surface area contributed by atoms with Crippen LogP contribution in [0.1, 0.15) is 0 Å². The third kappa shape index (κ3) is 4.00. The van der Waals surface area contributed by atoms with Crippen LogP contribution < -0.4 is 10.4 Å². The molecule has 0 saturated heterocycles. The van der Waals surface area contributed by atoms with Gasteiger partial charge in [0.15, 0.2) is 11.6 Å². The average Bonchev–Trinajstić information content (AvgIpc) is 2.95. The van der Waals surface area contributed by atoms with Gasteiger partial charge in [-0.1, -0.05) is 11.8 Å². The summed E-state index contributed by atoms with van der Waals surface area (Å²) in [6.45, 7) is 0. The van der Waals surface area contributed by atoms with Gasteiger partial charge in [-0.3, -0.25) is 13.9 Å². The lowest BCUT2D eigenvalue weighted by Gasteiger charge is -2.14. The van der Waals surface area contributed by atoms with Gasteiger partial charge in [0.2, 0.25) is 0 Å². The Morgan fingerprint density at radius 1 is 0.844 bits per heavy atom. The van der Waals surface area contributed by atoms with E-state index in [2.05, 4.69) is 4.72 Å². The molecule has 0 amide bonds. The molecule has 32 heavy (non-hydrogen) atoms. The number of nitrogens with zero attached hydrogens (tertiary/aromatic N) is 2. The zero-order valence-corrected chi connectivity index (χ0v) is 18.4. The third-order valence-electron chi connectivity index (χ3n) is 4.86. The lowest BCUT2D eigenvalue weighted by molar-refractivity contribution is 0.504. The van der Waals surface area contributed by atoms with Gasteiger partial charge in [-0.15, -0.1) is 0 Å². The summed E-state index contributed by atoms with van der Waals surface area (Å²) in [4.78, 5) is 12.9. The number of imidazole rings is 1. The van der Waals surface area contributed by atoms with Crippen LogP contribution in [0.15, 0.2) is 74.1 Å². The van der Waals surface area contributed by atoms with Crippen LogP contribution in [0.25, 0.3) is 11.0 Å². The van der Waals surface area contributed by atoms with E-state index in [4.69, 9.17) is 0 Å². The zero-order valence-electron chi connectivity index (χ0n) is 16.8. The van der Waals surface area contributed by atoms with Gasteiger partial charge in [0.1, 0.15) is 5.82 Å². The number of benzene rings is 3. The maximum absolute atomic E-state index is 13.6. The summed E-state index contributed by atoms with van der Waals surface area (Å²) in [7, 11) is -1.15. The SMILES string of the molecule is Cn1c(=O)n(C)c2cc(Sc3ccc(F)cc3)c(NS(=O)(=O)c3ccc(F)c(F)c3)cc21. The Balaban J connectivity index is 1.85. The van der Waals surface area contributed by atoms with E-state index in [1.54, 1.807) is 20.2 Å². The standard InChI is InChI=1S/C21H16F3N3O3S2/c1-26-18-10-17(25-32(29,30)14-7-8-15(23)16(24)9-14)20(11-19(18)27(2)21(26)28)31-13-5-3-12(22)4-6-13/h3-11,25H,1-2H3. The van der Waals surface area contributed by atoms with Crippen LogP contribution in [0.4, 0.5) is 18.9 Å². The highest BCUT2D eigenvalue weighted by Gasteiger charge is 2.21. The van der Waals surface area contributed by atoms with E-state index in [1.807, 2.05) is 0 Å². The van der Waals surface area contributed by atoms with Gasteiger partial charge in [0, 0.05) is 23.9 Å². The van der Waals surface area contributed by atoms with E-state index in [0.717, 1.165) is 23.9 Å². The highest BCUT2D eigenvalue weighted by molar-refractivity contribution is 7.99. The van der Waals surface area contributed by atoms with Crippen LogP contribution >= 0.6 is 11.8 Å². The molecule has 0 bridgehead atoms. The Labute approximate surface area is 185 Å². The molecule has 166 valence electrons. The predicted molar refractivity (Wildman–Crippen MR) is 116 cm³/mol. The Bertz CT molecular complexity index is 1510. The molecule has 1 heterocycles. The largest absolute Gasteiger partial charge is 0.328 e. The second kappa shape index (κ2) is 8.06. The molecule has 0 atom stereocenters. The van der Waals surface area contributed by atoms with Gasteiger partial charge in [-0.2, -0.15) is 0 Å². The van der Waals surface area contributed by atoms with Crippen molar-refractivity contribution >= 4 is 38.5 Å². The summed E-state index contributed by atoms with van der Waals surface area (Å²) < 4.78 is 71.1. The predicted octanol–water partition coefficient (Wildman–Crippen LogP) is 4.25. The van der Waals surface area contributed by atoms with E-state index in [-0.39, 0.29) is 11.4 Å². The second-order valence-electron chi connectivity index (χ2n) is 6.98. The molecule has 0 aliphatic rings. The molecular weight excluding hydrogens is 463 g/mol. The molecule has 1 aromatic heterocycles. The van der Waals surface area contributed by atoms with E-state index in [1.165, 1.54) is 39.5 Å². The summed E-state index contributed by atoms with van der Waals surface area (Å²) in [6, 6.07) is 11.0. The summed E-state index contributed by atoms with van der Waals surface area (Å²) >= 11 is 1.15. The zero-order chi connectivity index (χ0) is 23.2. The fraction of sp³-hybridized carbons (Fsp3) is 0.0952. The number of halogens is 3. The third-order valence-corrected chi connectivity index (χ3v) is 7.29. The number of aromatic nitrogens is 2. The van der Waals surface area contributed by atoms with Gasteiger partial charge >= 0.3 is 5.69 Å². The molecule has 0 unspecified atom stereocenters. The lowest BCUT2D eigenvalue weighted by Crippen LogP contribution is -2.19. The van der Waals surface area contributed by atoms with Gasteiger partial charge in [0.25, 0.3) is 10.0 Å². The number of nitrogens with one attached hydrogen (secondary N) is 1. The fourth-order valence-corrected chi connectivity index (χ4v) is 5.23. The molecule has 6 nitrogen and oxygen atoms in total. The van der Waals surface area contributed by atoms with Crippen molar-refractivity contribution in [3.8, 4) is 0 Å². The van der Waals surface area contributed by atoms with Crippen molar-refractivity contribution in [3.05, 3.63) is 82.5 Å². The minimum Gasteiger partial charge on any atom is -0.295 e. The average molecular weight is 480 g/mol. The molecule has 0 aliphatic carbocycles. The topological polar surface area (TPSA) is 73.1 Å². The van der Waals surface area contributed by atoms with E-state index >= 15 is 0 Å². The van der Waals surface area contributed by atoms with Crippen LogP contribution in [-0.2, 0) is 24.1 Å². The smallest absolute Gasteiger partial charge is 0.295 e. The summed E-state index contributed by atoms with van der Waals surface area (Å²) in [5, 5.41) is 0. The van der Waals surface area contributed by atoms with Crippen molar-refractivity contribution < 1.29 is 21.6 Å². The van der Waals surface area contributed by atoms with Crippen molar-refractivity contribution in [3.63, 3.8) is 0 Å². The van der Waals surface area contributed by atoms with Crippen LogP contribution in [0.3, 0.4) is 0 Å². The fourth-order valence-electron chi connectivity index (χ4n) is 3.17. The lowest BCUT2D eigenvalue weighted by atomic mass is 10.3. The Morgan fingerprint density at radius 2 is 1.47 bits per heavy atom. The number of rotatable bonds is 5. The molecule has 0 fully saturated rings. The van der Waals surface area contributed by atoms with Crippen molar-refractivity contribution in [2.45, 2.75) is 14.7 Å². The normalized spacial score (nSPS) is 11.8. The Kier molecular flexibility index (Phi) is 5.55. The summed E-state index contributed by atoms with van der Waals surface area (Å²) in [5.74, 6) is -2.89. The van der Waals surface area contributed by atoms with Crippen molar-refractivity contribution in [1.29, 1.82) is 0 Å². The molecule has 4 aromatic rings. The van der Waals surface area contributed by atoms with Crippen LogP contribution in [0.2, 0.25) is 0 Å². The molecule has 0 saturated carbocycles. The maximum atomic E-state index is 13.6. The minimum atomic E-state index is -4.28. The van der Waals surface area contributed by atoms with Crippen molar-refractivity contribution in [2.75, 3.05) is 4.72 Å². The highest BCUT2D eigenvalue weighted by Crippen LogP contribution is 2.37. The molecule has 4 rings (SSSR count). The monoisotopic (exact) mass is 479 g/mol. The molecular formula is C21H16F3N3O3S2.